The van der Waals surface area contributed by atoms with Crippen LogP contribution in [-0.2, 0) is 24.2 Å². The number of carbonyl (C=O) groups excluding carboxylic acids is 1. The van der Waals surface area contributed by atoms with Crippen LogP contribution in [0.2, 0.25) is 0 Å². The van der Waals surface area contributed by atoms with Gasteiger partial charge in [-0.2, -0.15) is 4.52 Å². The summed E-state index contributed by atoms with van der Waals surface area (Å²) in [5, 5.41) is 8.21. The van der Waals surface area contributed by atoms with E-state index in [2.05, 4.69) is 15.3 Å². The van der Waals surface area contributed by atoms with Crippen molar-refractivity contribution in [2.24, 2.45) is 5.92 Å². The van der Waals surface area contributed by atoms with Gasteiger partial charge >= 0.3 is 0 Å². The van der Waals surface area contributed by atoms with E-state index in [4.69, 9.17) is 4.98 Å². The van der Waals surface area contributed by atoms with Crippen LogP contribution in [0.4, 0.5) is 9.52 Å². The zero-order valence-corrected chi connectivity index (χ0v) is 18.0. The molecule has 1 amide bonds. The number of rotatable bonds is 4. The second-order valence-corrected chi connectivity index (χ2v) is 9.20. The van der Waals surface area contributed by atoms with Gasteiger partial charge in [0.25, 0.3) is 5.56 Å². The number of piperidine rings is 1. The summed E-state index contributed by atoms with van der Waals surface area (Å²) in [5.41, 5.74) is 2.40. The first-order valence-corrected chi connectivity index (χ1v) is 11.6. The minimum absolute atomic E-state index is 0.0409. The average Bonchev–Trinajstić information content (AvgIpc) is 3.22. The van der Waals surface area contributed by atoms with E-state index in [1.54, 1.807) is 12.1 Å². The lowest BCUT2D eigenvalue weighted by Crippen LogP contribution is -2.43. The average molecular weight is 442 g/mol. The maximum absolute atomic E-state index is 13.3. The number of nitrogens with zero attached hydrogens (tertiary/aromatic N) is 4. The van der Waals surface area contributed by atoms with Gasteiger partial charge in [0, 0.05) is 25.2 Å². The number of anilines is 1. The number of aryl methyl sites for hydroxylation is 1. The summed E-state index contributed by atoms with van der Waals surface area (Å²) in [6.45, 7) is 1.64. The van der Waals surface area contributed by atoms with Gasteiger partial charge < -0.3 is 10.2 Å². The molecule has 7 nitrogen and oxygen atoms in total. The fourth-order valence-corrected chi connectivity index (χ4v) is 5.38. The molecule has 1 aliphatic carbocycles. The molecule has 0 saturated carbocycles. The Morgan fingerprint density at radius 3 is 3.00 bits per heavy atom. The first-order valence-electron chi connectivity index (χ1n) is 10.8. The molecule has 3 heterocycles. The number of hydrogen-bond acceptors (Lipinski definition) is 6. The molecule has 0 bridgehead atoms. The Bertz CT molecular complexity index is 1190. The van der Waals surface area contributed by atoms with Gasteiger partial charge in [-0.15, -0.1) is 5.10 Å². The summed E-state index contributed by atoms with van der Waals surface area (Å²) in [4.78, 5) is 33.0. The SMILES string of the molecule is O=C(NCc1cccc(F)c1)C1CCCN(c2nn3c(=O)c4c(nc3s2)CCCC4)C1. The summed E-state index contributed by atoms with van der Waals surface area (Å²) in [7, 11) is 0. The minimum Gasteiger partial charge on any atom is -0.352 e. The second kappa shape index (κ2) is 8.37. The highest BCUT2D eigenvalue weighted by Crippen LogP contribution is 2.28. The molecule has 0 spiro atoms. The highest BCUT2D eigenvalue weighted by atomic mass is 32.1. The Balaban J connectivity index is 1.31. The van der Waals surface area contributed by atoms with Crippen molar-refractivity contribution in [3.05, 3.63) is 57.3 Å². The van der Waals surface area contributed by atoms with Crippen molar-refractivity contribution in [2.75, 3.05) is 18.0 Å². The summed E-state index contributed by atoms with van der Waals surface area (Å²) in [6.07, 6.45) is 5.38. The number of carbonyl (C=O) groups is 1. The third-order valence-electron chi connectivity index (χ3n) is 6.09. The molecule has 5 rings (SSSR count). The van der Waals surface area contributed by atoms with Crippen LogP contribution in [0.15, 0.2) is 29.1 Å². The Kier molecular flexibility index (Phi) is 5.43. The zero-order valence-electron chi connectivity index (χ0n) is 17.1. The molecule has 2 aromatic heterocycles. The maximum Gasteiger partial charge on any atom is 0.278 e. The fourth-order valence-electron chi connectivity index (χ4n) is 4.44. The molecule has 31 heavy (non-hydrogen) atoms. The number of aromatic nitrogens is 3. The van der Waals surface area contributed by atoms with E-state index in [0.29, 0.717) is 18.1 Å². The Morgan fingerprint density at radius 2 is 2.13 bits per heavy atom. The van der Waals surface area contributed by atoms with Gasteiger partial charge in [-0.25, -0.2) is 9.37 Å². The summed E-state index contributed by atoms with van der Waals surface area (Å²) in [6, 6.07) is 6.25. The van der Waals surface area contributed by atoms with Crippen molar-refractivity contribution >= 4 is 27.3 Å². The lowest BCUT2D eigenvalue weighted by atomic mass is 9.97. The number of fused-ring (bicyclic) bond motifs is 2. The molecule has 1 aromatic carbocycles. The van der Waals surface area contributed by atoms with Crippen LogP contribution in [-0.4, -0.2) is 33.6 Å². The zero-order chi connectivity index (χ0) is 21.4. The van der Waals surface area contributed by atoms with E-state index >= 15 is 0 Å². The van der Waals surface area contributed by atoms with Gasteiger partial charge in [-0.3, -0.25) is 9.59 Å². The first-order chi connectivity index (χ1) is 15.1. The quantitative estimate of drug-likeness (QED) is 0.674. The number of hydrogen-bond donors (Lipinski definition) is 1. The van der Waals surface area contributed by atoms with Crippen LogP contribution in [0.25, 0.3) is 4.96 Å². The number of benzene rings is 1. The minimum atomic E-state index is -0.308. The largest absolute Gasteiger partial charge is 0.352 e. The molecular weight excluding hydrogens is 417 g/mol. The molecule has 2 aliphatic rings. The summed E-state index contributed by atoms with van der Waals surface area (Å²) < 4.78 is 14.8. The molecule has 3 aromatic rings. The van der Waals surface area contributed by atoms with Crippen molar-refractivity contribution in [1.82, 2.24) is 19.9 Å². The highest BCUT2D eigenvalue weighted by molar-refractivity contribution is 7.20. The first kappa shape index (κ1) is 20.1. The van der Waals surface area contributed by atoms with E-state index in [1.807, 2.05) is 0 Å². The normalized spacial score (nSPS) is 18.7. The van der Waals surface area contributed by atoms with Crippen LogP contribution >= 0.6 is 11.3 Å². The van der Waals surface area contributed by atoms with E-state index in [0.717, 1.165) is 67.0 Å². The van der Waals surface area contributed by atoms with Crippen LogP contribution in [0.3, 0.4) is 0 Å². The lowest BCUT2D eigenvalue weighted by Gasteiger charge is -2.31. The third-order valence-corrected chi connectivity index (χ3v) is 7.06. The molecule has 9 heteroatoms. The summed E-state index contributed by atoms with van der Waals surface area (Å²) >= 11 is 1.41. The van der Waals surface area contributed by atoms with Gasteiger partial charge in [0.15, 0.2) is 0 Å². The van der Waals surface area contributed by atoms with Gasteiger partial charge in [0.1, 0.15) is 5.82 Å². The lowest BCUT2D eigenvalue weighted by molar-refractivity contribution is -0.125. The smallest absolute Gasteiger partial charge is 0.278 e. The Hall–Kier alpha value is -2.81. The third kappa shape index (κ3) is 4.06. The predicted molar refractivity (Wildman–Crippen MR) is 117 cm³/mol. The van der Waals surface area contributed by atoms with Crippen LogP contribution in [0.5, 0.6) is 0 Å². The predicted octanol–water partition coefficient (Wildman–Crippen LogP) is 2.70. The molecule has 0 radical (unpaired) electrons. The molecule has 1 fully saturated rings. The van der Waals surface area contributed by atoms with E-state index in [-0.39, 0.29) is 23.2 Å². The molecule has 1 unspecified atom stereocenters. The second-order valence-electron chi connectivity index (χ2n) is 8.26. The van der Waals surface area contributed by atoms with Gasteiger partial charge in [0.2, 0.25) is 16.0 Å². The van der Waals surface area contributed by atoms with Crippen LogP contribution in [0.1, 0.15) is 42.5 Å². The van der Waals surface area contributed by atoms with Crippen molar-refractivity contribution < 1.29 is 9.18 Å². The number of halogens is 1. The van der Waals surface area contributed by atoms with Gasteiger partial charge in [-0.1, -0.05) is 23.5 Å². The maximum atomic E-state index is 13.3. The standard InChI is InChI=1S/C22H24FN5O2S/c23-16-7-3-5-14(11-16)12-24-19(29)15-6-4-10-27(13-15)22-26-28-20(30)17-8-1-2-9-18(17)25-21(28)31-22/h3,5,7,11,15H,1-2,4,6,8-10,12-13H2,(H,24,29). The fraction of sp³-hybridized carbons (Fsp3) is 0.455. The van der Waals surface area contributed by atoms with Gasteiger partial charge in [0.05, 0.1) is 11.6 Å². The van der Waals surface area contributed by atoms with E-state index in [9.17, 15) is 14.0 Å². The topological polar surface area (TPSA) is 79.6 Å². The molecule has 1 atom stereocenters. The van der Waals surface area contributed by atoms with Gasteiger partial charge in [-0.05, 0) is 56.2 Å². The highest BCUT2D eigenvalue weighted by Gasteiger charge is 2.28. The van der Waals surface area contributed by atoms with Crippen LogP contribution in [0, 0.1) is 11.7 Å². The van der Waals surface area contributed by atoms with E-state index in [1.165, 1.54) is 28.0 Å². The molecule has 162 valence electrons. The Morgan fingerprint density at radius 1 is 1.26 bits per heavy atom. The van der Waals surface area contributed by atoms with Crippen LogP contribution < -0.4 is 15.8 Å². The van der Waals surface area contributed by atoms with E-state index < -0.39 is 0 Å². The molecule has 1 aliphatic heterocycles. The molecule has 1 N–H and O–H groups in total. The van der Waals surface area contributed by atoms with Crippen molar-refractivity contribution in [3.8, 4) is 0 Å². The molecular formula is C22H24FN5O2S. The van der Waals surface area contributed by atoms with Crippen molar-refractivity contribution in [3.63, 3.8) is 0 Å². The Labute approximate surface area is 182 Å². The summed E-state index contributed by atoms with van der Waals surface area (Å²) in [5.74, 6) is -0.523. The van der Waals surface area contributed by atoms with Crippen molar-refractivity contribution in [2.45, 2.75) is 45.1 Å². The monoisotopic (exact) mass is 441 g/mol. The number of nitrogens with one attached hydrogen (secondary N) is 1. The number of amides is 1. The van der Waals surface area contributed by atoms with Crippen molar-refractivity contribution in [1.29, 1.82) is 0 Å². The molecule has 1 saturated heterocycles.